The van der Waals surface area contributed by atoms with Gasteiger partial charge in [-0.15, -0.1) is 35.3 Å². The monoisotopic (exact) mass is 377 g/mol. The number of thiophene rings is 1. The Morgan fingerprint density at radius 1 is 1.39 bits per heavy atom. The summed E-state index contributed by atoms with van der Waals surface area (Å²) >= 11 is 1.75. The van der Waals surface area contributed by atoms with E-state index < -0.39 is 0 Å². The van der Waals surface area contributed by atoms with E-state index in [0.29, 0.717) is 12.5 Å². The number of halogens is 1. The molecular formula is C12H16IN3OS. The molecule has 0 radical (unpaired) electrons. The third kappa shape index (κ3) is 5.09. The summed E-state index contributed by atoms with van der Waals surface area (Å²) in [5.74, 6) is 1.27. The van der Waals surface area contributed by atoms with E-state index in [1.807, 2.05) is 18.2 Å². The fraction of sp³-hybridized carbons (Fsp3) is 0.250. The highest BCUT2D eigenvalue weighted by Gasteiger charge is 1.96. The van der Waals surface area contributed by atoms with Crippen molar-refractivity contribution in [2.75, 3.05) is 6.54 Å². The van der Waals surface area contributed by atoms with Gasteiger partial charge in [-0.1, -0.05) is 6.07 Å². The summed E-state index contributed by atoms with van der Waals surface area (Å²) in [5, 5.41) is 5.15. The second kappa shape index (κ2) is 8.15. The number of nitrogens with one attached hydrogen (secondary N) is 1. The van der Waals surface area contributed by atoms with E-state index in [1.165, 1.54) is 4.88 Å². The molecule has 0 spiro atoms. The number of hydrogen-bond donors (Lipinski definition) is 2. The molecule has 18 heavy (non-hydrogen) atoms. The van der Waals surface area contributed by atoms with Crippen LogP contribution in [0.25, 0.3) is 0 Å². The van der Waals surface area contributed by atoms with Crippen LogP contribution in [0.2, 0.25) is 0 Å². The van der Waals surface area contributed by atoms with Gasteiger partial charge in [0.2, 0.25) is 0 Å². The molecule has 0 saturated heterocycles. The minimum Gasteiger partial charge on any atom is -0.467 e. The molecule has 0 fully saturated rings. The number of nitrogens with zero attached hydrogens (tertiary/aromatic N) is 1. The minimum atomic E-state index is 0. The average Bonchev–Trinajstić information content (AvgIpc) is 2.99. The molecule has 0 aromatic carbocycles. The smallest absolute Gasteiger partial charge is 0.189 e. The third-order valence-corrected chi connectivity index (χ3v) is 3.18. The summed E-state index contributed by atoms with van der Waals surface area (Å²) in [6.07, 6.45) is 2.60. The van der Waals surface area contributed by atoms with Crippen LogP contribution in [0, 0.1) is 0 Å². The van der Waals surface area contributed by atoms with Crippen LogP contribution >= 0.6 is 35.3 Å². The predicted octanol–water partition coefficient (Wildman–Crippen LogP) is 2.61. The van der Waals surface area contributed by atoms with E-state index in [1.54, 1.807) is 17.6 Å². The van der Waals surface area contributed by atoms with Crippen LogP contribution in [0.15, 0.2) is 45.3 Å². The molecule has 2 rings (SSSR count). The van der Waals surface area contributed by atoms with E-state index >= 15 is 0 Å². The molecular weight excluding hydrogens is 361 g/mol. The maximum Gasteiger partial charge on any atom is 0.189 e. The lowest BCUT2D eigenvalue weighted by atomic mass is 10.3. The van der Waals surface area contributed by atoms with Crippen LogP contribution in [0.3, 0.4) is 0 Å². The van der Waals surface area contributed by atoms with Crippen LogP contribution < -0.4 is 11.1 Å². The summed E-state index contributed by atoms with van der Waals surface area (Å²) in [4.78, 5) is 5.52. The van der Waals surface area contributed by atoms with E-state index in [9.17, 15) is 0 Å². The topological polar surface area (TPSA) is 63.5 Å². The SMILES string of the molecule is I.NC(=NCc1ccco1)NCCc1cccs1. The van der Waals surface area contributed by atoms with Gasteiger partial charge in [0.25, 0.3) is 0 Å². The van der Waals surface area contributed by atoms with E-state index in [4.69, 9.17) is 10.2 Å². The van der Waals surface area contributed by atoms with Gasteiger partial charge in [0.05, 0.1) is 6.26 Å². The minimum absolute atomic E-state index is 0. The Balaban J connectivity index is 0.00000162. The van der Waals surface area contributed by atoms with Gasteiger partial charge >= 0.3 is 0 Å². The molecule has 0 bridgehead atoms. The molecule has 3 N–H and O–H groups in total. The summed E-state index contributed by atoms with van der Waals surface area (Å²) in [6, 6.07) is 7.88. The van der Waals surface area contributed by atoms with Gasteiger partial charge in [-0.25, -0.2) is 4.99 Å². The lowest BCUT2D eigenvalue weighted by molar-refractivity contribution is 0.512. The zero-order valence-electron chi connectivity index (χ0n) is 9.83. The maximum absolute atomic E-state index is 5.73. The zero-order chi connectivity index (χ0) is 11.9. The summed E-state index contributed by atoms with van der Waals surface area (Å²) in [7, 11) is 0. The maximum atomic E-state index is 5.73. The number of aliphatic imine (C=N–C) groups is 1. The van der Waals surface area contributed by atoms with Gasteiger partial charge < -0.3 is 15.5 Å². The predicted molar refractivity (Wildman–Crippen MR) is 85.5 cm³/mol. The van der Waals surface area contributed by atoms with Crippen molar-refractivity contribution in [1.82, 2.24) is 5.32 Å². The molecule has 0 unspecified atom stereocenters. The summed E-state index contributed by atoms with van der Waals surface area (Å²) in [5.41, 5.74) is 5.73. The first-order chi connectivity index (χ1) is 8.34. The molecule has 0 amide bonds. The standard InChI is InChI=1S/C12H15N3OS.HI/c13-12(15-9-10-3-1-7-16-10)14-6-5-11-4-2-8-17-11;/h1-4,7-8H,5-6,9H2,(H3,13,14,15);1H. The number of nitrogens with two attached hydrogens (primary N) is 1. The van der Waals surface area contributed by atoms with Crippen LogP contribution in [0.4, 0.5) is 0 Å². The van der Waals surface area contributed by atoms with Crippen molar-refractivity contribution in [3.05, 3.63) is 46.5 Å². The van der Waals surface area contributed by atoms with Crippen molar-refractivity contribution in [2.24, 2.45) is 10.7 Å². The van der Waals surface area contributed by atoms with Crippen LogP contribution in [-0.4, -0.2) is 12.5 Å². The third-order valence-electron chi connectivity index (χ3n) is 2.24. The first-order valence-electron chi connectivity index (χ1n) is 5.43. The molecule has 98 valence electrons. The highest BCUT2D eigenvalue weighted by atomic mass is 127. The Hall–Kier alpha value is -1.02. The molecule has 2 aromatic rings. The molecule has 0 atom stereocenters. The lowest BCUT2D eigenvalue weighted by Gasteiger charge is -2.03. The quantitative estimate of drug-likeness (QED) is 0.478. The average molecular weight is 377 g/mol. The lowest BCUT2D eigenvalue weighted by Crippen LogP contribution is -2.33. The molecule has 2 heterocycles. The summed E-state index contributed by atoms with van der Waals surface area (Å²) < 4.78 is 5.16. The first kappa shape index (κ1) is 15.0. The number of guanidine groups is 1. The number of hydrogen-bond acceptors (Lipinski definition) is 3. The van der Waals surface area contributed by atoms with Crippen molar-refractivity contribution in [1.29, 1.82) is 0 Å². The van der Waals surface area contributed by atoms with Crippen LogP contribution in [-0.2, 0) is 13.0 Å². The second-order valence-corrected chi connectivity index (χ2v) is 4.57. The molecule has 4 nitrogen and oxygen atoms in total. The Kier molecular flexibility index (Phi) is 6.81. The van der Waals surface area contributed by atoms with Gasteiger partial charge in [0.1, 0.15) is 12.3 Å². The van der Waals surface area contributed by atoms with Crippen LogP contribution in [0.5, 0.6) is 0 Å². The van der Waals surface area contributed by atoms with Gasteiger partial charge in [0, 0.05) is 11.4 Å². The second-order valence-electron chi connectivity index (χ2n) is 3.54. The van der Waals surface area contributed by atoms with Crippen molar-refractivity contribution < 1.29 is 4.42 Å². The molecule has 0 saturated carbocycles. The Morgan fingerprint density at radius 3 is 2.94 bits per heavy atom. The molecule has 0 aliphatic carbocycles. The molecule has 0 aliphatic heterocycles. The number of rotatable bonds is 5. The van der Waals surface area contributed by atoms with Gasteiger partial charge in [-0.3, -0.25) is 0 Å². The Morgan fingerprint density at radius 2 is 2.28 bits per heavy atom. The largest absolute Gasteiger partial charge is 0.467 e. The molecule has 0 aliphatic rings. The molecule has 2 aromatic heterocycles. The fourth-order valence-electron chi connectivity index (χ4n) is 1.39. The number of furan rings is 1. The van der Waals surface area contributed by atoms with Gasteiger partial charge in [-0.2, -0.15) is 0 Å². The van der Waals surface area contributed by atoms with Crippen LogP contribution in [0.1, 0.15) is 10.6 Å². The molecule has 6 heteroatoms. The van der Waals surface area contributed by atoms with Crippen molar-refractivity contribution in [3.63, 3.8) is 0 Å². The normalized spacial score (nSPS) is 11.0. The summed E-state index contributed by atoms with van der Waals surface area (Å²) in [6.45, 7) is 1.28. The highest BCUT2D eigenvalue weighted by Crippen LogP contribution is 2.08. The highest BCUT2D eigenvalue weighted by molar-refractivity contribution is 14.0. The van der Waals surface area contributed by atoms with Gasteiger partial charge in [-0.05, 0) is 30.0 Å². The van der Waals surface area contributed by atoms with Gasteiger partial charge in [0.15, 0.2) is 5.96 Å². The zero-order valence-corrected chi connectivity index (χ0v) is 13.0. The van der Waals surface area contributed by atoms with E-state index in [2.05, 4.69) is 21.8 Å². The Labute approximate surface area is 127 Å². The van der Waals surface area contributed by atoms with Crippen molar-refractivity contribution >= 4 is 41.3 Å². The van der Waals surface area contributed by atoms with E-state index in [-0.39, 0.29) is 24.0 Å². The fourth-order valence-corrected chi connectivity index (χ4v) is 2.10. The van der Waals surface area contributed by atoms with Crippen molar-refractivity contribution in [2.45, 2.75) is 13.0 Å². The van der Waals surface area contributed by atoms with E-state index in [0.717, 1.165) is 18.7 Å². The van der Waals surface area contributed by atoms with Crippen molar-refractivity contribution in [3.8, 4) is 0 Å². The Bertz CT molecular complexity index is 454. The first-order valence-corrected chi connectivity index (χ1v) is 6.31.